The summed E-state index contributed by atoms with van der Waals surface area (Å²) in [6.07, 6.45) is -0.0917. The molecule has 1 aromatic rings. The van der Waals surface area contributed by atoms with Gasteiger partial charge < -0.3 is 10.0 Å². The van der Waals surface area contributed by atoms with E-state index in [-0.39, 0.29) is 18.9 Å². The molecule has 1 amide bonds. The van der Waals surface area contributed by atoms with Gasteiger partial charge in [0.25, 0.3) is 0 Å². The van der Waals surface area contributed by atoms with Crippen molar-refractivity contribution in [1.82, 2.24) is 0 Å². The van der Waals surface area contributed by atoms with Crippen LogP contribution in [0.15, 0.2) is 18.2 Å². The number of aliphatic carboxylic acids is 1. The molecule has 1 aromatic carbocycles. The Labute approximate surface area is 105 Å². The van der Waals surface area contributed by atoms with Gasteiger partial charge >= 0.3 is 5.97 Å². The summed E-state index contributed by atoms with van der Waals surface area (Å²) in [6, 6.07) is 5.22. The van der Waals surface area contributed by atoms with Crippen LogP contribution in [-0.2, 0) is 9.59 Å². The highest BCUT2D eigenvalue weighted by Gasteiger charge is 2.15. The van der Waals surface area contributed by atoms with Gasteiger partial charge in [-0.2, -0.15) is 0 Å². The third-order valence-corrected chi connectivity index (χ3v) is 2.87. The Hall–Kier alpha value is -1.55. The number of hydrogen-bond acceptors (Lipinski definition) is 2. The van der Waals surface area contributed by atoms with Gasteiger partial charge in [0.15, 0.2) is 0 Å². The highest BCUT2D eigenvalue weighted by Crippen LogP contribution is 2.26. The third kappa shape index (κ3) is 3.46. The summed E-state index contributed by atoms with van der Waals surface area (Å²) < 4.78 is 0. The third-order valence-electron chi connectivity index (χ3n) is 2.46. The van der Waals surface area contributed by atoms with Gasteiger partial charge in [-0.15, -0.1) is 0 Å². The van der Waals surface area contributed by atoms with Crippen molar-refractivity contribution in [2.45, 2.75) is 20.3 Å². The van der Waals surface area contributed by atoms with E-state index in [2.05, 4.69) is 0 Å². The summed E-state index contributed by atoms with van der Waals surface area (Å²) in [4.78, 5) is 23.5. The van der Waals surface area contributed by atoms with Crippen molar-refractivity contribution in [1.29, 1.82) is 0 Å². The predicted octanol–water partition coefficient (Wildman–Crippen LogP) is 2.48. The lowest BCUT2D eigenvalue weighted by atomic mass is 10.1. The number of rotatable bonds is 4. The van der Waals surface area contributed by atoms with Gasteiger partial charge in [0.05, 0.1) is 6.42 Å². The zero-order chi connectivity index (χ0) is 13.0. The van der Waals surface area contributed by atoms with Crippen molar-refractivity contribution in [2.24, 2.45) is 0 Å². The molecule has 1 N–H and O–H groups in total. The number of carbonyl (C=O) groups is 2. The molecular weight excluding hydrogens is 242 g/mol. The molecule has 0 spiro atoms. The van der Waals surface area contributed by atoms with Crippen LogP contribution in [0.3, 0.4) is 0 Å². The number of carboxylic acid groups (broad SMARTS) is 1. The van der Waals surface area contributed by atoms with Crippen molar-refractivity contribution >= 4 is 29.2 Å². The lowest BCUT2D eigenvalue weighted by Crippen LogP contribution is -2.31. The lowest BCUT2D eigenvalue weighted by molar-refractivity contribution is -0.136. The molecule has 0 saturated carbocycles. The van der Waals surface area contributed by atoms with Gasteiger partial charge in [-0.25, -0.2) is 0 Å². The van der Waals surface area contributed by atoms with Crippen molar-refractivity contribution < 1.29 is 14.7 Å². The van der Waals surface area contributed by atoms with Crippen LogP contribution < -0.4 is 4.90 Å². The van der Waals surface area contributed by atoms with Gasteiger partial charge in [-0.05, 0) is 24.6 Å². The van der Waals surface area contributed by atoms with Crippen LogP contribution >= 0.6 is 11.6 Å². The van der Waals surface area contributed by atoms with E-state index < -0.39 is 5.97 Å². The molecule has 0 aromatic heterocycles. The molecule has 0 unspecified atom stereocenters. The SMILES string of the molecule is CC(=O)N(CCC(=O)O)c1cccc(Cl)c1C. The first-order valence-corrected chi connectivity index (χ1v) is 5.56. The second kappa shape index (κ2) is 5.68. The van der Waals surface area contributed by atoms with Crippen molar-refractivity contribution in [3.8, 4) is 0 Å². The quantitative estimate of drug-likeness (QED) is 0.899. The van der Waals surface area contributed by atoms with Gasteiger partial charge in [0, 0.05) is 24.2 Å². The van der Waals surface area contributed by atoms with E-state index in [1.54, 1.807) is 25.1 Å². The van der Waals surface area contributed by atoms with Crippen molar-refractivity contribution in [3.05, 3.63) is 28.8 Å². The van der Waals surface area contributed by atoms with Crippen molar-refractivity contribution in [2.75, 3.05) is 11.4 Å². The highest BCUT2D eigenvalue weighted by molar-refractivity contribution is 6.31. The number of amides is 1. The van der Waals surface area contributed by atoms with Crippen LogP contribution in [0.4, 0.5) is 5.69 Å². The Morgan fingerprint density at radius 2 is 2.06 bits per heavy atom. The first-order valence-electron chi connectivity index (χ1n) is 5.18. The monoisotopic (exact) mass is 255 g/mol. The highest BCUT2D eigenvalue weighted by atomic mass is 35.5. The smallest absolute Gasteiger partial charge is 0.305 e. The zero-order valence-corrected chi connectivity index (χ0v) is 10.5. The van der Waals surface area contributed by atoms with Crippen LogP contribution in [0.5, 0.6) is 0 Å². The van der Waals surface area contributed by atoms with Gasteiger partial charge in [-0.1, -0.05) is 17.7 Å². The number of carboxylic acids is 1. The standard InChI is InChI=1S/C12H14ClNO3/c1-8-10(13)4-3-5-11(8)14(9(2)15)7-6-12(16)17/h3-5H,6-7H2,1-2H3,(H,16,17). The van der Waals surface area contributed by atoms with Gasteiger partial charge in [0.2, 0.25) is 5.91 Å². The summed E-state index contributed by atoms with van der Waals surface area (Å²) in [5.41, 5.74) is 1.43. The summed E-state index contributed by atoms with van der Waals surface area (Å²) >= 11 is 5.97. The van der Waals surface area contributed by atoms with E-state index in [0.717, 1.165) is 5.56 Å². The van der Waals surface area contributed by atoms with Gasteiger partial charge in [0.1, 0.15) is 0 Å². The Morgan fingerprint density at radius 3 is 2.59 bits per heavy atom. The molecular formula is C12H14ClNO3. The summed E-state index contributed by atoms with van der Waals surface area (Å²) in [6.45, 7) is 3.35. The average Bonchev–Trinajstić information content (AvgIpc) is 2.23. The maximum Gasteiger partial charge on any atom is 0.305 e. The second-order valence-corrected chi connectivity index (χ2v) is 4.11. The van der Waals surface area contributed by atoms with E-state index in [1.165, 1.54) is 11.8 Å². The topological polar surface area (TPSA) is 57.6 Å². The van der Waals surface area contributed by atoms with E-state index in [9.17, 15) is 9.59 Å². The fourth-order valence-electron chi connectivity index (χ4n) is 1.54. The predicted molar refractivity (Wildman–Crippen MR) is 66.5 cm³/mol. The Balaban J connectivity index is 3.01. The second-order valence-electron chi connectivity index (χ2n) is 3.70. The Morgan fingerprint density at radius 1 is 1.41 bits per heavy atom. The minimum absolute atomic E-state index is 0.0917. The molecule has 1 rings (SSSR count). The minimum atomic E-state index is -0.934. The molecule has 0 heterocycles. The van der Waals surface area contributed by atoms with E-state index in [0.29, 0.717) is 10.7 Å². The van der Waals surface area contributed by atoms with Crippen LogP contribution in [0, 0.1) is 6.92 Å². The molecule has 0 radical (unpaired) electrons. The fourth-order valence-corrected chi connectivity index (χ4v) is 1.71. The number of hydrogen-bond donors (Lipinski definition) is 1. The van der Waals surface area contributed by atoms with E-state index in [1.807, 2.05) is 0 Å². The summed E-state index contributed by atoms with van der Waals surface area (Å²) in [5.74, 6) is -1.13. The van der Waals surface area contributed by atoms with Crippen LogP contribution in [0.25, 0.3) is 0 Å². The van der Waals surface area contributed by atoms with Crippen LogP contribution in [-0.4, -0.2) is 23.5 Å². The first kappa shape index (κ1) is 13.5. The number of nitrogens with zero attached hydrogens (tertiary/aromatic N) is 1. The van der Waals surface area contributed by atoms with Crippen molar-refractivity contribution in [3.63, 3.8) is 0 Å². The maximum absolute atomic E-state index is 11.5. The molecule has 92 valence electrons. The molecule has 0 saturated heterocycles. The fraction of sp³-hybridized carbons (Fsp3) is 0.333. The van der Waals surface area contributed by atoms with E-state index in [4.69, 9.17) is 16.7 Å². The Kier molecular flexibility index (Phi) is 4.52. The molecule has 5 heteroatoms. The number of benzene rings is 1. The largest absolute Gasteiger partial charge is 0.481 e. The number of anilines is 1. The van der Waals surface area contributed by atoms with Crippen LogP contribution in [0.2, 0.25) is 5.02 Å². The molecule has 0 aliphatic rings. The summed E-state index contributed by atoms with van der Waals surface area (Å²) in [7, 11) is 0. The first-order chi connectivity index (χ1) is 7.93. The molecule has 0 atom stereocenters. The minimum Gasteiger partial charge on any atom is -0.481 e. The lowest BCUT2D eigenvalue weighted by Gasteiger charge is -2.22. The number of carbonyl (C=O) groups excluding carboxylic acids is 1. The molecule has 0 fully saturated rings. The van der Waals surface area contributed by atoms with Crippen LogP contribution in [0.1, 0.15) is 18.9 Å². The molecule has 0 bridgehead atoms. The maximum atomic E-state index is 11.5. The molecule has 0 aliphatic carbocycles. The number of halogens is 1. The zero-order valence-electron chi connectivity index (χ0n) is 9.74. The molecule has 0 aliphatic heterocycles. The average molecular weight is 256 g/mol. The summed E-state index contributed by atoms with van der Waals surface area (Å²) in [5, 5.41) is 9.21. The molecule has 4 nitrogen and oxygen atoms in total. The normalized spacial score (nSPS) is 10.1. The van der Waals surface area contributed by atoms with Gasteiger partial charge in [-0.3, -0.25) is 9.59 Å². The van der Waals surface area contributed by atoms with E-state index >= 15 is 0 Å². The Bertz CT molecular complexity index is 445. The molecule has 17 heavy (non-hydrogen) atoms.